The number of likely N-dealkylation sites (tertiary alicyclic amines) is 1. The first-order valence-corrected chi connectivity index (χ1v) is 6.80. The fraction of sp³-hybridized carbons (Fsp3) is 1.00. The van der Waals surface area contributed by atoms with E-state index in [9.17, 15) is 0 Å². The van der Waals surface area contributed by atoms with Crippen LogP contribution in [0, 0.1) is 5.92 Å². The van der Waals surface area contributed by atoms with E-state index in [-0.39, 0.29) is 0 Å². The topological polar surface area (TPSA) is 15.3 Å². The molecule has 0 atom stereocenters. The van der Waals surface area contributed by atoms with Gasteiger partial charge < -0.3 is 10.2 Å². The molecule has 2 aliphatic rings. The average Bonchev–Trinajstić information content (AvgIpc) is 2.43. The predicted octanol–water partition coefficient (Wildman–Crippen LogP) is 2.25. The molecule has 1 N–H and O–H groups in total. The minimum Gasteiger partial charge on any atom is -0.313 e. The monoisotopic (exact) mass is 210 g/mol. The van der Waals surface area contributed by atoms with Crippen LogP contribution in [0.5, 0.6) is 0 Å². The standard InChI is InChI=1S/C13H26N2/c1-12-10-13(11-12)14-6-9-15-7-4-2-3-5-8-15/h12-14H,2-11H2,1H3. The van der Waals surface area contributed by atoms with Crippen LogP contribution in [0.4, 0.5) is 0 Å². The third-order valence-corrected chi connectivity index (χ3v) is 3.93. The van der Waals surface area contributed by atoms with E-state index >= 15 is 0 Å². The maximum absolute atomic E-state index is 3.68. The van der Waals surface area contributed by atoms with Crippen molar-refractivity contribution in [3.05, 3.63) is 0 Å². The van der Waals surface area contributed by atoms with E-state index in [1.807, 2.05) is 0 Å². The minimum atomic E-state index is 0.840. The lowest BCUT2D eigenvalue weighted by atomic mass is 9.82. The Morgan fingerprint density at radius 1 is 1.07 bits per heavy atom. The molecule has 2 heteroatoms. The molecule has 0 radical (unpaired) electrons. The highest BCUT2D eigenvalue weighted by Crippen LogP contribution is 2.25. The zero-order valence-corrected chi connectivity index (χ0v) is 10.2. The van der Waals surface area contributed by atoms with Crippen LogP contribution in [0.25, 0.3) is 0 Å². The number of rotatable bonds is 4. The Hall–Kier alpha value is -0.0800. The summed E-state index contributed by atoms with van der Waals surface area (Å²) in [5, 5.41) is 3.68. The van der Waals surface area contributed by atoms with Crippen molar-refractivity contribution in [3.63, 3.8) is 0 Å². The van der Waals surface area contributed by atoms with E-state index in [0.29, 0.717) is 0 Å². The molecule has 0 unspecified atom stereocenters. The Kier molecular flexibility index (Phi) is 4.45. The SMILES string of the molecule is CC1CC(NCCN2CCCCCC2)C1. The summed E-state index contributed by atoms with van der Waals surface area (Å²) < 4.78 is 0. The molecule has 0 aromatic heterocycles. The van der Waals surface area contributed by atoms with Crippen molar-refractivity contribution in [1.29, 1.82) is 0 Å². The van der Waals surface area contributed by atoms with Gasteiger partial charge in [0.05, 0.1) is 0 Å². The molecule has 0 amide bonds. The molecular weight excluding hydrogens is 184 g/mol. The maximum Gasteiger partial charge on any atom is 0.0107 e. The molecule has 2 nitrogen and oxygen atoms in total. The minimum absolute atomic E-state index is 0.840. The van der Waals surface area contributed by atoms with Crippen molar-refractivity contribution in [2.75, 3.05) is 26.2 Å². The third kappa shape index (κ3) is 3.76. The highest BCUT2D eigenvalue weighted by atomic mass is 15.1. The van der Waals surface area contributed by atoms with Crippen LogP contribution < -0.4 is 5.32 Å². The fourth-order valence-corrected chi connectivity index (χ4v) is 2.86. The summed E-state index contributed by atoms with van der Waals surface area (Å²) in [6.07, 6.45) is 8.54. The first-order valence-electron chi connectivity index (χ1n) is 6.80. The molecule has 0 bridgehead atoms. The number of nitrogens with one attached hydrogen (secondary N) is 1. The molecule has 1 aliphatic carbocycles. The molecule has 1 saturated heterocycles. The molecule has 1 heterocycles. The van der Waals surface area contributed by atoms with E-state index < -0.39 is 0 Å². The second kappa shape index (κ2) is 5.86. The van der Waals surface area contributed by atoms with Crippen LogP contribution in [0.2, 0.25) is 0 Å². The van der Waals surface area contributed by atoms with Crippen molar-refractivity contribution < 1.29 is 0 Å². The van der Waals surface area contributed by atoms with Crippen LogP contribution in [0.1, 0.15) is 45.4 Å². The molecule has 2 fully saturated rings. The van der Waals surface area contributed by atoms with Crippen LogP contribution in [0.15, 0.2) is 0 Å². The Morgan fingerprint density at radius 3 is 2.33 bits per heavy atom. The Balaban J connectivity index is 1.52. The van der Waals surface area contributed by atoms with E-state index in [2.05, 4.69) is 17.1 Å². The number of hydrogen-bond donors (Lipinski definition) is 1. The lowest BCUT2D eigenvalue weighted by molar-refractivity contribution is 0.221. The van der Waals surface area contributed by atoms with Gasteiger partial charge in [0.25, 0.3) is 0 Å². The molecule has 1 saturated carbocycles. The highest BCUT2D eigenvalue weighted by Gasteiger charge is 2.24. The van der Waals surface area contributed by atoms with Crippen LogP contribution in [-0.4, -0.2) is 37.1 Å². The smallest absolute Gasteiger partial charge is 0.0107 e. The van der Waals surface area contributed by atoms with Crippen molar-refractivity contribution in [2.45, 2.75) is 51.5 Å². The number of nitrogens with zero attached hydrogens (tertiary/aromatic N) is 1. The van der Waals surface area contributed by atoms with Gasteiger partial charge in [0, 0.05) is 19.1 Å². The van der Waals surface area contributed by atoms with Crippen LogP contribution in [-0.2, 0) is 0 Å². The molecule has 0 aromatic carbocycles. The van der Waals surface area contributed by atoms with Crippen LogP contribution >= 0.6 is 0 Å². The summed E-state index contributed by atoms with van der Waals surface area (Å²) in [5.41, 5.74) is 0. The van der Waals surface area contributed by atoms with Gasteiger partial charge in [-0.2, -0.15) is 0 Å². The molecule has 2 rings (SSSR count). The van der Waals surface area contributed by atoms with E-state index in [4.69, 9.17) is 0 Å². The van der Waals surface area contributed by atoms with Crippen molar-refractivity contribution >= 4 is 0 Å². The first kappa shape index (κ1) is 11.4. The number of hydrogen-bond acceptors (Lipinski definition) is 2. The summed E-state index contributed by atoms with van der Waals surface area (Å²) in [4.78, 5) is 2.64. The summed E-state index contributed by atoms with van der Waals surface area (Å²) in [7, 11) is 0. The second-order valence-corrected chi connectivity index (χ2v) is 5.48. The normalized spacial score (nSPS) is 33.4. The molecular formula is C13H26N2. The van der Waals surface area contributed by atoms with Gasteiger partial charge in [0.2, 0.25) is 0 Å². The lowest BCUT2D eigenvalue weighted by Gasteiger charge is -2.34. The quantitative estimate of drug-likeness (QED) is 0.765. The predicted molar refractivity (Wildman–Crippen MR) is 65.1 cm³/mol. The summed E-state index contributed by atoms with van der Waals surface area (Å²) >= 11 is 0. The van der Waals surface area contributed by atoms with Crippen molar-refractivity contribution in [3.8, 4) is 0 Å². The molecule has 0 spiro atoms. The van der Waals surface area contributed by atoms with Gasteiger partial charge in [0.15, 0.2) is 0 Å². The van der Waals surface area contributed by atoms with Gasteiger partial charge in [-0.15, -0.1) is 0 Å². The zero-order valence-electron chi connectivity index (χ0n) is 10.2. The van der Waals surface area contributed by atoms with Gasteiger partial charge in [-0.1, -0.05) is 19.8 Å². The van der Waals surface area contributed by atoms with E-state index in [1.54, 1.807) is 0 Å². The third-order valence-electron chi connectivity index (χ3n) is 3.93. The zero-order chi connectivity index (χ0) is 10.5. The fourth-order valence-electron chi connectivity index (χ4n) is 2.86. The Bertz CT molecular complexity index is 167. The van der Waals surface area contributed by atoms with Gasteiger partial charge in [0.1, 0.15) is 0 Å². The van der Waals surface area contributed by atoms with Gasteiger partial charge in [-0.25, -0.2) is 0 Å². The van der Waals surface area contributed by atoms with Gasteiger partial charge in [-0.05, 0) is 44.7 Å². The summed E-state index contributed by atoms with van der Waals surface area (Å²) in [6, 6.07) is 0.840. The van der Waals surface area contributed by atoms with Crippen LogP contribution in [0.3, 0.4) is 0 Å². The Labute approximate surface area is 94.4 Å². The molecule has 88 valence electrons. The molecule has 15 heavy (non-hydrogen) atoms. The largest absolute Gasteiger partial charge is 0.313 e. The summed E-state index contributed by atoms with van der Waals surface area (Å²) in [5.74, 6) is 0.973. The molecule has 0 aromatic rings. The average molecular weight is 210 g/mol. The van der Waals surface area contributed by atoms with Gasteiger partial charge in [-0.3, -0.25) is 0 Å². The first-order chi connectivity index (χ1) is 7.34. The summed E-state index contributed by atoms with van der Waals surface area (Å²) in [6.45, 7) is 7.50. The van der Waals surface area contributed by atoms with Gasteiger partial charge >= 0.3 is 0 Å². The van der Waals surface area contributed by atoms with E-state index in [1.165, 1.54) is 64.7 Å². The maximum atomic E-state index is 3.68. The lowest BCUT2D eigenvalue weighted by Crippen LogP contribution is -2.43. The van der Waals surface area contributed by atoms with E-state index in [0.717, 1.165) is 12.0 Å². The highest BCUT2D eigenvalue weighted by molar-refractivity contribution is 4.82. The van der Waals surface area contributed by atoms with Crippen molar-refractivity contribution in [2.24, 2.45) is 5.92 Å². The van der Waals surface area contributed by atoms with Crippen molar-refractivity contribution in [1.82, 2.24) is 10.2 Å². The Morgan fingerprint density at radius 2 is 1.73 bits per heavy atom. The molecule has 1 aliphatic heterocycles. The second-order valence-electron chi connectivity index (χ2n) is 5.48.